The molecular weight excluding hydrogens is 360 g/mol. The molecule has 2 atom stereocenters. The first-order chi connectivity index (χ1) is 13.0. The number of guanidine groups is 1. The number of benzene rings is 1. The van der Waals surface area contributed by atoms with Gasteiger partial charge in [0.2, 0.25) is 5.91 Å². The highest BCUT2D eigenvalue weighted by molar-refractivity contribution is 7.99. The van der Waals surface area contributed by atoms with E-state index in [4.69, 9.17) is 9.73 Å². The van der Waals surface area contributed by atoms with Crippen LogP contribution in [0.15, 0.2) is 29.3 Å². The van der Waals surface area contributed by atoms with Crippen molar-refractivity contribution in [3.05, 3.63) is 29.8 Å². The molecule has 1 fully saturated rings. The Bertz CT molecular complexity index is 619. The van der Waals surface area contributed by atoms with Crippen LogP contribution in [0.3, 0.4) is 0 Å². The van der Waals surface area contributed by atoms with E-state index in [0.717, 1.165) is 24.2 Å². The Hall–Kier alpha value is -1.89. The van der Waals surface area contributed by atoms with Crippen molar-refractivity contribution < 1.29 is 9.53 Å². The zero-order valence-corrected chi connectivity index (χ0v) is 17.6. The summed E-state index contributed by atoms with van der Waals surface area (Å²) in [6, 6.07) is 8.29. The van der Waals surface area contributed by atoms with Gasteiger partial charge in [0.1, 0.15) is 5.75 Å². The topological polar surface area (TPSA) is 66.0 Å². The summed E-state index contributed by atoms with van der Waals surface area (Å²) in [6.07, 6.45) is 6.96. The van der Waals surface area contributed by atoms with E-state index in [1.165, 1.54) is 12.8 Å². The van der Waals surface area contributed by atoms with E-state index < -0.39 is 0 Å². The third-order valence-corrected chi connectivity index (χ3v) is 5.88. The average Bonchev–Trinajstić information content (AvgIpc) is 2.70. The second-order valence-electron chi connectivity index (χ2n) is 7.02. The molecule has 150 valence electrons. The predicted octanol–water partition coefficient (Wildman–Crippen LogP) is 2.49. The lowest BCUT2D eigenvalue weighted by atomic mass is 9.95. The van der Waals surface area contributed by atoms with E-state index in [9.17, 15) is 4.79 Å². The van der Waals surface area contributed by atoms with E-state index in [1.54, 1.807) is 26.1 Å². The van der Waals surface area contributed by atoms with Crippen LogP contribution >= 0.6 is 11.8 Å². The number of thioether (sulfide) groups is 1. The van der Waals surface area contributed by atoms with Crippen molar-refractivity contribution in [1.29, 1.82) is 0 Å². The normalized spacial score (nSPS) is 20.1. The van der Waals surface area contributed by atoms with Crippen LogP contribution in [0.5, 0.6) is 5.75 Å². The maximum absolute atomic E-state index is 11.9. The van der Waals surface area contributed by atoms with Gasteiger partial charge in [-0.3, -0.25) is 4.79 Å². The molecule has 7 heteroatoms. The van der Waals surface area contributed by atoms with E-state index in [0.29, 0.717) is 23.8 Å². The molecule has 1 amide bonds. The van der Waals surface area contributed by atoms with Crippen molar-refractivity contribution >= 4 is 23.6 Å². The molecular formula is C20H32N4O2S. The largest absolute Gasteiger partial charge is 0.497 e. The molecule has 0 saturated heterocycles. The molecule has 0 aliphatic heterocycles. The van der Waals surface area contributed by atoms with Crippen LogP contribution in [0.25, 0.3) is 0 Å². The predicted molar refractivity (Wildman–Crippen MR) is 114 cm³/mol. The van der Waals surface area contributed by atoms with Crippen molar-refractivity contribution in [3.8, 4) is 5.75 Å². The summed E-state index contributed by atoms with van der Waals surface area (Å²) in [5.74, 6) is 1.56. The number of aliphatic imine (C=N–C) groups is 1. The van der Waals surface area contributed by atoms with Gasteiger partial charge in [-0.15, -0.1) is 0 Å². The van der Waals surface area contributed by atoms with Gasteiger partial charge < -0.3 is 20.3 Å². The van der Waals surface area contributed by atoms with Gasteiger partial charge in [0.15, 0.2) is 5.96 Å². The summed E-state index contributed by atoms with van der Waals surface area (Å²) < 4.78 is 5.20. The lowest BCUT2D eigenvalue weighted by Gasteiger charge is -2.30. The second kappa shape index (κ2) is 11.1. The monoisotopic (exact) mass is 392 g/mol. The third kappa shape index (κ3) is 7.33. The van der Waals surface area contributed by atoms with Crippen molar-refractivity contribution in [2.24, 2.45) is 4.99 Å². The Morgan fingerprint density at radius 2 is 2.04 bits per heavy atom. The standard InChI is InChI=1S/C20H32N4O2S/c1-24(2)19(25)14-22-20(23-16-6-5-7-18(12-16)27-4)21-13-15-8-10-17(26-3)11-9-15/h8-11,16,18H,5-7,12-14H2,1-4H3,(H2,21,22,23). The summed E-state index contributed by atoms with van der Waals surface area (Å²) in [5, 5.41) is 7.42. The number of hydrogen-bond donors (Lipinski definition) is 2. The SMILES string of the molecule is COc1ccc(CN=C(NCC(=O)N(C)C)NC2CCCC(SC)C2)cc1. The Labute approximate surface area is 167 Å². The minimum Gasteiger partial charge on any atom is -0.497 e. The van der Waals surface area contributed by atoms with E-state index in [2.05, 4.69) is 16.9 Å². The fraction of sp³-hybridized carbons (Fsp3) is 0.600. The molecule has 0 heterocycles. The third-order valence-electron chi connectivity index (χ3n) is 4.78. The number of nitrogens with zero attached hydrogens (tertiary/aromatic N) is 2. The summed E-state index contributed by atoms with van der Waals surface area (Å²) in [4.78, 5) is 18.2. The quantitative estimate of drug-likeness (QED) is 0.551. The smallest absolute Gasteiger partial charge is 0.241 e. The number of carbonyl (C=O) groups excluding carboxylic acids is 1. The minimum atomic E-state index is 0.0274. The lowest BCUT2D eigenvalue weighted by Crippen LogP contribution is -2.48. The number of likely N-dealkylation sites (N-methyl/N-ethyl adjacent to an activating group) is 1. The zero-order valence-electron chi connectivity index (χ0n) is 16.8. The number of hydrogen-bond acceptors (Lipinski definition) is 4. The molecule has 0 bridgehead atoms. The summed E-state index contributed by atoms with van der Waals surface area (Å²) in [5.41, 5.74) is 1.10. The molecule has 1 aliphatic carbocycles. The molecule has 1 aliphatic rings. The van der Waals surface area contributed by atoms with Crippen LogP contribution in [-0.4, -0.2) is 62.1 Å². The van der Waals surface area contributed by atoms with Gasteiger partial charge in [-0.25, -0.2) is 4.99 Å². The Morgan fingerprint density at radius 3 is 2.67 bits per heavy atom. The Kier molecular flexibility index (Phi) is 8.78. The fourth-order valence-electron chi connectivity index (χ4n) is 3.05. The van der Waals surface area contributed by atoms with Gasteiger partial charge in [0.05, 0.1) is 20.2 Å². The molecule has 27 heavy (non-hydrogen) atoms. The van der Waals surface area contributed by atoms with Crippen molar-refractivity contribution in [3.63, 3.8) is 0 Å². The first-order valence-corrected chi connectivity index (χ1v) is 10.7. The summed E-state index contributed by atoms with van der Waals surface area (Å²) in [7, 11) is 5.18. The van der Waals surface area contributed by atoms with Crippen molar-refractivity contribution in [2.45, 2.75) is 43.5 Å². The molecule has 0 aromatic heterocycles. The highest BCUT2D eigenvalue weighted by Gasteiger charge is 2.22. The van der Waals surface area contributed by atoms with Gasteiger partial charge in [-0.2, -0.15) is 11.8 Å². The molecule has 0 radical (unpaired) electrons. The summed E-state index contributed by atoms with van der Waals surface area (Å²) in [6.45, 7) is 0.786. The van der Waals surface area contributed by atoms with E-state index in [1.807, 2.05) is 36.0 Å². The maximum atomic E-state index is 11.9. The van der Waals surface area contributed by atoms with Gasteiger partial charge >= 0.3 is 0 Å². The molecule has 1 aromatic carbocycles. The molecule has 1 saturated carbocycles. The average molecular weight is 393 g/mol. The Morgan fingerprint density at radius 1 is 1.30 bits per heavy atom. The first-order valence-electron chi connectivity index (χ1n) is 9.42. The van der Waals surface area contributed by atoms with Crippen LogP contribution in [0.2, 0.25) is 0 Å². The number of amides is 1. The summed E-state index contributed by atoms with van der Waals surface area (Å²) >= 11 is 1.94. The number of nitrogens with one attached hydrogen (secondary N) is 2. The minimum absolute atomic E-state index is 0.0274. The van der Waals surface area contributed by atoms with E-state index in [-0.39, 0.29) is 12.5 Å². The molecule has 6 nitrogen and oxygen atoms in total. The lowest BCUT2D eigenvalue weighted by molar-refractivity contribution is -0.127. The first kappa shape index (κ1) is 21.4. The maximum Gasteiger partial charge on any atom is 0.241 e. The highest BCUT2D eigenvalue weighted by atomic mass is 32.2. The van der Waals surface area contributed by atoms with Gasteiger partial charge in [0, 0.05) is 25.4 Å². The fourth-order valence-corrected chi connectivity index (χ4v) is 3.88. The van der Waals surface area contributed by atoms with Gasteiger partial charge in [-0.1, -0.05) is 18.6 Å². The number of carbonyl (C=O) groups is 1. The zero-order chi connectivity index (χ0) is 19.6. The highest BCUT2D eigenvalue weighted by Crippen LogP contribution is 2.26. The molecule has 2 N–H and O–H groups in total. The molecule has 1 aromatic rings. The number of methoxy groups -OCH3 is 1. The second-order valence-corrected chi connectivity index (χ2v) is 8.16. The Balaban J connectivity index is 2.01. The molecule has 2 rings (SSSR count). The van der Waals surface area contributed by atoms with Gasteiger partial charge in [-0.05, 0) is 43.2 Å². The number of ether oxygens (including phenoxy) is 1. The molecule has 2 unspecified atom stereocenters. The molecule has 0 spiro atoms. The van der Waals surface area contributed by atoms with Crippen molar-refractivity contribution in [2.75, 3.05) is 34.0 Å². The van der Waals surface area contributed by atoms with Crippen molar-refractivity contribution in [1.82, 2.24) is 15.5 Å². The van der Waals surface area contributed by atoms with Crippen LogP contribution in [0.4, 0.5) is 0 Å². The van der Waals surface area contributed by atoms with Gasteiger partial charge in [0.25, 0.3) is 0 Å². The number of rotatable bonds is 7. The van der Waals surface area contributed by atoms with Crippen LogP contribution < -0.4 is 15.4 Å². The van der Waals surface area contributed by atoms with Crippen LogP contribution in [-0.2, 0) is 11.3 Å². The van der Waals surface area contributed by atoms with Crippen LogP contribution in [0.1, 0.15) is 31.2 Å². The van der Waals surface area contributed by atoms with E-state index >= 15 is 0 Å². The van der Waals surface area contributed by atoms with Crippen LogP contribution in [0, 0.1) is 0 Å².